The average Bonchev–Trinajstić information content (AvgIpc) is 2.62. The minimum Gasteiger partial charge on any atom is -0.366 e. The Labute approximate surface area is 145 Å². The van der Waals surface area contributed by atoms with E-state index in [0.29, 0.717) is 34.6 Å². The fraction of sp³-hybridized carbons (Fsp3) is 0.0556. The predicted octanol–water partition coefficient (Wildman–Crippen LogP) is 4.36. The lowest BCUT2D eigenvalue weighted by atomic mass is 10.2. The molecule has 1 aromatic heterocycles. The summed E-state index contributed by atoms with van der Waals surface area (Å²) in [5.74, 6) is 1.09. The lowest BCUT2D eigenvalue weighted by molar-refractivity contribution is 1.08. The molecule has 0 saturated carbocycles. The third-order valence-corrected chi connectivity index (χ3v) is 3.74. The zero-order valence-electron chi connectivity index (χ0n) is 12.7. The van der Waals surface area contributed by atoms with Gasteiger partial charge in [-0.1, -0.05) is 41.9 Å². The Morgan fingerprint density at radius 2 is 1.83 bits per heavy atom. The van der Waals surface area contributed by atoms with E-state index in [9.17, 15) is 0 Å². The average molecular weight is 336 g/mol. The maximum absolute atomic E-state index is 9.13. The molecule has 0 aliphatic carbocycles. The van der Waals surface area contributed by atoms with Crippen molar-refractivity contribution in [1.29, 1.82) is 5.26 Å². The molecule has 0 spiro atoms. The first-order valence-corrected chi connectivity index (χ1v) is 7.70. The van der Waals surface area contributed by atoms with Crippen molar-refractivity contribution in [2.45, 2.75) is 6.54 Å². The molecule has 0 radical (unpaired) electrons. The Balaban J connectivity index is 1.73. The van der Waals surface area contributed by atoms with Gasteiger partial charge in [0.25, 0.3) is 0 Å². The van der Waals surface area contributed by atoms with Crippen molar-refractivity contribution in [3.05, 3.63) is 76.9 Å². The van der Waals surface area contributed by atoms with E-state index in [-0.39, 0.29) is 0 Å². The van der Waals surface area contributed by atoms with Crippen LogP contribution in [0.25, 0.3) is 0 Å². The van der Waals surface area contributed by atoms with Crippen LogP contribution in [-0.2, 0) is 6.54 Å². The molecule has 5 nitrogen and oxygen atoms in total. The summed E-state index contributed by atoms with van der Waals surface area (Å²) in [6.45, 7) is 0.560. The van der Waals surface area contributed by atoms with E-state index in [2.05, 4.69) is 26.7 Å². The normalized spacial score (nSPS) is 10.0. The number of nitrogens with zero attached hydrogens (tertiary/aromatic N) is 3. The number of benzene rings is 2. The largest absolute Gasteiger partial charge is 0.366 e. The van der Waals surface area contributed by atoms with Crippen molar-refractivity contribution in [2.24, 2.45) is 0 Å². The summed E-state index contributed by atoms with van der Waals surface area (Å²) in [4.78, 5) is 8.59. The summed E-state index contributed by atoms with van der Waals surface area (Å²) in [5, 5.41) is 16.1. The van der Waals surface area contributed by atoms with Gasteiger partial charge in [-0.15, -0.1) is 0 Å². The molecular weight excluding hydrogens is 322 g/mol. The van der Waals surface area contributed by atoms with Crippen molar-refractivity contribution in [3.63, 3.8) is 0 Å². The highest BCUT2D eigenvalue weighted by Crippen LogP contribution is 2.19. The number of rotatable bonds is 5. The molecule has 0 saturated heterocycles. The first-order valence-electron chi connectivity index (χ1n) is 7.33. The van der Waals surface area contributed by atoms with Gasteiger partial charge in [0.05, 0.1) is 11.3 Å². The standard InChI is InChI=1S/C18H14ClN5/c19-15-7-3-1-6-14(15)12-22-17-9-10-21-18(24-17)23-16-8-4-2-5-13(16)11-20/h1-10H,12H2,(H2,21,22,23,24). The molecule has 0 unspecified atom stereocenters. The third kappa shape index (κ3) is 3.80. The van der Waals surface area contributed by atoms with Gasteiger partial charge in [-0.2, -0.15) is 10.2 Å². The Morgan fingerprint density at radius 3 is 2.67 bits per heavy atom. The van der Waals surface area contributed by atoms with Gasteiger partial charge >= 0.3 is 0 Å². The summed E-state index contributed by atoms with van der Waals surface area (Å²) in [6, 6.07) is 18.8. The zero-order chi connectivity index (χ0) is 16.8. The van der Waals surface area contributed by atoms with Crippen LogP contribution in [0, 0.1) is 11.3 Å². The fourth-order valence-corrected chi connectivity index (χ4v) is 2.36. The monoisotopic (exact) mass is 335 g/mol. The minimum atomic E-state index is 0.418. The topological polar surface area (TPSA) is 73.6 Å². The molecule has 0 bridgehead atoms. The first kappa shape index (κ1) is 15.8. The smallest absolute Gasteiger partial charge is 0.229 e. The van der Waals surface area contributed by atoms with Crippen molar-refractivity contribution >= 4 is 29.1 Å². The molecule has 6 heteroatoms. The summed E-state index contributed by atoms with van der Waals surface area (Å²) in [7, 11) is 0. The lowest BCUT2D eigenvalue weighted by Gasteiger charge is -2.10. The number of halogens is 1. The number of aromatic nitrogens is 2. The molecule has 3 rings (SSSR count). The predicted molar refractivity (Wildman–Crippen MR) is 95.3 cm³/mol. The maximum Gasteiger partial charge on any atom is 0.229 e. The zero-order valence-corrected chi connectivity index (χ0v) is 13.5. The van der Waals surface area contributed by atoms with Gasteiger partial charge in [0.15, 0.2) is 0 Å². The van der Waals surface area contributed by atoms with Crippen molar-refractivity contribution in [1.82, 2.24) is 9.97 Å². The van der Waals surface area contributed by atoms with E-state index in [1.165, 1.54) is 0 Å². The van der Waals surface area contributed by atoms with Crippen LogP contribution in [0.5, 0.6) is 0 Å². The highest BCUT2D eigenvalue weighted by molar-refractivity contribution is 6.31. The highest BCUT2D eigenvalue weighted by atomic mass is 35.5. The molecule has 0 aliphatic rings. The van der Waals surface area contributed by atoms with E-state index in [1.807, 2.05) is 42.5 Å². The molecular formula is C18H14ClN5. The molecule has 0 amide bonds. The molecule has 2 aromatic carbocycles. The van der Waals surface area contributed by atoms with Crippen LogP contribution in [0.3, 0.4) is 0 Å². The van der Waals surface area contributed by atoms with Gasteiger partial charge in [0, 0.05) is 17.8 Å². The molecule has 2 N–H and O–H groups in total. The SMILES string of the molecule is N#Cc1ccccc1Nc1nccc(NCc2ccccc2Cl)n1. The summed E-state index contributed by atoms with van der Waals surface area (Å²) in [5.41, 5.74) is 2.20. The summed E-state index contributed by atoms with van der Waals surface area (Å²) in [6.07, 6.45) is 1.65. The van der Waals surface area contributed by atoms with E-state index in [1.54, 1.807) is 18.3 Å². The first-order chi connectivity index (χ1) is 11.8. The Hall–Kier alpha value is -3.10. The summed E-state index contributed by atoms with van der Waals surface area (Å²) >= 11 is 6.15. The number of hydrogen-bond donors (Lipinski definition) is 2. The van der Waals surface area contributed by atoms with Crippen LogP contribution in [0.4, 0.5) is 17.5 Å². The van der Waals surface area contributed by atoms with Gasteiger partial charge in [0.2, 0.25) is 5.95 Å². The second kappa shape index (κ2) is 7.44. The lowest BCUT2D eigenvalue weighted by Crippen LogP contribution is -2.05. The number of hydrogen-bond acceptors (Lipinski definition) is 5. The fourth-order valence-electron chi connectivity index (χ4n) is 2.15. The van der Waals surface area contributed by atoms with Crippen molar-refractivity contribution in [2.75, 3.05) is 10.6 Å². The highest BCUT2D eigenvalue weighted by Gasteiger charge is 2.05. The van der Waals surface area contributed by atoms with E-state index < -0.39 is 0 Å². The van der Waals surface area contributed by atoms with Crippen LogP contribution >= 0.6 is 11.6 Å². The quantitative estimate of drug-likeness (QED) is 0.724. The van der Waals surface area contributed by atoms with Crippen LogP contribution in [0.2, 0.25) is 5.02 Å². The Kier molecular flexibility index (Phi) is 4.90. The Bertz CT molecular complexity index is 888. The van der Waals surface area contributed by atoms with Crippen LogP contribution in [0.1, 0.15) is 11.1 Å². The van der Waals surface area contributed by atoms with E-state index in [4.69, 9.17) is 16.9 Å². The van der Waals surface area contributed by atoms with Crippen LogP contribution in [0.15, 0.2) is 60.8 Å². The molecule has 1 heterocycles. The van der Waals surface area contributed by atoms with Crippen LogP contribution in [-0.4, -0.2) is 9.97 Å². The van der Waals surface area contributed by atoms with Gasteiger partial charge in [-0.25, -0.2) is 4.98 Å². The van der Waals surface area contributed by atoms with Gasteiger partial charge < -0.3 is 10.6 Å². The Morgan fingerprint density at radius 1 is 1.04 bits per heavy atom. The molecule has 118 valence electrons. The number of nitrogens with one attached hydrogen (secondary N) is 2. The number of anilines is 3. The number of para-hydroxylation sites is 1. The second-order valence-corrected chi connectivity index (χ2v) is 5.40. The van der Waals surface area contributed by atoms with Crippen molar-refractivity contribution < 1.29 is 0 Å². The molecule has 0 atom stereocenters. The maximum atomic E-state index is 9.13. The second-order valence-electron chi connectivity index (χ2n) is 4.99. The van der Waals surface area contributed by atoms with E-state index in [0.717, 1.165) is 5.56 Å². The van der Waals surface area contributed by atoms with Gasteiger partial charge in [-0.3, -0.25) is 0 Å². The molecule has 24 heavy (non-hydrogen) atoms. The van der Waals surface area contributed by atoms with E-state index >= 15 is 0 Å². The summed E-state index contributed by atoms with van der Waals surface area (Å²) < 4.78 is 0. The third-order valence-electron chi connectivity index (χ3n) is 3.37. The molecule has 0 aliphatic heterocycles. The minimum absolute atomic E-state index is 0.418. The van der Waals surface area contributed by atoms with Gasteiger partial charge in [0.1, 0.15) is 11.9 Å². The molecule has 0 fully saturated rings. The van der Waals surface area contributed by atoms with Gasteiger partial charge in [-0.05, 0) is 29.8 Å². The number of nitriles is 1. The molecule has 3 aromatic rings. The van der Waals surface area contributed by atoms with Crippen LogP contribution < -0.4 is 10.6 Å². The van der Waals surface area contributed by atoms with Crippen molar-refractivity contribution in [3.8, 4) is 6.07 Å².